The van der Waals surface area contributed by atoms with Crippen LogP contribution in [-0.2, 0) is 0 Å². The molecule has 17 heavy (non-hydrogen) atoms. The maximum atomic E-state index is 11.8. The van der Waals surface area contributed by atoms with Crippen LogP contribution in [0.5, 0.6) is 0 Å². The van der Waals surface area contributed by atoms with Gasteiger partial charge in [0.05, 0.1) is 5.69 Å². The minimum absolute atomic E-state index is 0.213. The van der Waals surface area contributed by atoms with Crippen molar-refractivity contribution in [3.8, 4) is 0 Å². The van der Waals surface area contributed by atoms with E-state index in [0.717, 1.165) is 4.47 Å². The molecule has 0 fully saturated rings. The number of anilines is 2. The van der Waals surface area contributed by atoms with Crippen molar-refractivity contribution in [1.82, 2.24) is 9.97 Å². The number of nitrogens with two attached hydrogens (primary N) is 1. The largest absolute Gasteiger partial charge is 0.375 e. The fourth-order valence-corrected chi connectivity index (χ4v) is 2.11. The minimum Gasteiger partial charge on any atom is -0.375 e. The summed E-state index contributed by atoms with van der Waals surface area (Å²) < 4.78 is 0.718. The van der Waals surface area contributed by atoms with Crippen LogP contribution >= 0.6 is 38.9 Å². The summed E-state index contributed by atoms with van der Waals surface area (Å²) in [5.41, 5.74) is 6.11. The Labute approximate surface area is 114 Å². The Kier molecular flexibility index (Phi) is 3.60. The maximum Gasteiger partial charge on any atom is 0.275 e. The second-order valence-electron chi connectivity index (χ2n) is 3.02. The van der Waals surface area contributed by atoms with Crippen molar-refractivity contribution in [2.24, 2.45) is 0 Å². The molecule has 2 heterocycles. The van der Waals surface area contributed by atoms with E-state index in [0.29, 0.717) is 10.8 Å². The normalized spacial score (nSPS) is 10.2. The lowest BCUT2D eigenvalue weighted by atomic mass is 10.4. The van der Waals surface area contributed by atoms with E-state index >= 15 is 0 Å². The zero-order chi connectivity index (χ0) is 12.4. The molecule has 0 unspecified atom stereocenters. The number of nitrogen functional groups attached to an aromatic ring is 1. The number of nitrogens with zero attached hydrogens (tertiary/aromatic N) is 2. The highest BCUT2D eigenvalue weighted by atomic mass is 79.9. The predicted octanol–water partition coefficient (Wildman–Crippen LogP) is 2.79. The molecule has 0 saturated carbocycles. The fourth-order valence-electron chi connectivity index (χ4n) is 1.09. The Balaban J connectivity index is 2.21. The summed E-state index contributed by atoms with van der Waals surface area (Å²) in [5.74, 6) is -0.375. The number of hydrogen-bond acceptors (Lipinski definition) is 5. The van der Waals surface area contributed by atoms with E-state index in [9.17, 15) is 4.79 Å². The Morgan fingerprint density at radius 2 is 2.35 bits per heavy atom. The molecule has 0 aliphatic carbocycles. The van der Waals surface area contributed by atoms with Crippen molar-refractivity contribution in [1.29, 1.82) is 0 Å². The summed E-state index contributed by atoms with van der Waals surface area (Å²) in [6.45, 7) is 0. The Bertz CT molecular complexity index is 574. The van der Waals surface area contributed by atoms with E-state index in [1.54, 1.807) is 17.6 Å². The first-order chi connectivity index (χ1) is 8.06. The monoisotopic (exact) mass is 332 g/mol. The zero-order valence-corrected chi connectivity index (χ0v) is 11.4. The van der Waals surface area contributed by atoms with Crippen LogP contribution in [0.15, 0.2) is 22.1 Å². The van der Waals surface area contributed by atoms with Gasteiger partial charge < -0.3 is 11.1 Å². The van der Waals surface area contributed by atoms with Crippen LogP contribution in [-0.4, -0.2) is 15.9 Å². The van der Waals surface area contributed by atoms with Crippen molar-refractivity contribution >= 4 is 55.6 Å². The van der Waals surface area contributed by atoms with Crippen LogP contribution in [0.25, 0.3) is 0 Å². The first-order valence-corrected chi connectivity index (χ1v) is 6.44. The van der Waals surface area contributed by atoms with Gasteiger partial charge in [0.25, 0.3) is 5.91 Å². The first kappa shape index (κ1) is 12.3. The van der Waals surface area contributed by atoms with Crippen molar-refractivity contribution in [3.63, 3.8) is 0 Å². The van der Waals surface area contributed by atoms with Gasteiger partial charge in [-0.25, -0.2) is 9.97 Å². The molecule has 2 rings (SSSR count). The number of carbonyl (C=O) groups excluding carboxylic acids is 1. The summed E-state index contributed by atoms with van der Waals surface area (Å²) >= 11 is 10.3. The summed E-state index contributed by atoms with van der Waals surface area (Å²) in [4.78, 5) is 19.5. The topological polar surface area (TPSA) is 80.9 Å². The predicted molar refractivity (Wildman–Crippen MR) is 71.4 cm³/mol. The Hall–Kier alpha value is -1.18. The molecule has 5 nitrogen and oxygen atoms in total. The van der Waals surface area contributed by atoms with E-state index in [1.165, 1.54) is 11.3 Å². The molecule has 0 aromatic carbocycles. The van der Waals surface area contributed by atoms with Crippen LogP contribution in [0, 0.1) is 0 Å². The number of pyridine rings is 1. The highest BCUT2D eigenvalue weighted by Crippen LogP contribution is 2.23. The van der Waals surface area contributed by atoms with Gasteiger partial charge in [0.15, 0.2) is 10.3 Å². The lowest BCUT2D eigenvalue weighted by Crippen LogP contribution is -2.13. The van der Waals surface area contributed by atoms with Crippen molar-refractivity contribution in [2.75, 3.05) is 11.1 Å². The molecule has 88 valence electrons. The lowest BCUT2D eigenvalue weighted by molar-refractivity contribution is 0.102. The smallest absolute Gasteiger partial charge is 0.275 e. The number of hydrogen-bond donors (Lipinski definition) is 2. The van der Waals surface area contributed by atoms with Crippen molar-refractivity contribution in [2.45, 2.75) is 0 Å². The van der Waals surface area contributed by atoms with E-state index in [1.807, 2.05) is 0 Å². The number of nitrogens with one attached hydrogen (secondary N) is 1. The molecule has 0 atom stereocenters. The van der Waals surface area contributed by atoms with Gasteiger partial charge in [-0.2, -0.15) is 0 Å². The van der Waals surface area contributed by atoms with Gasteiger partial charge in [-0.3, -0.25) is 4.79 Å². The zero-order valence-electron chi connectivity index (χ0n) is 8.28. The quantitative estimate of drug-likeness (QED) is 0.828. The van der Waals surface area contributed by atoms with Crippen LogP contribution in [0.3, 0.4) is 0 Å². The summed E-state index contributed by atoms with van der Waals surface area (Å²) in [6.07, 6.45) is 1.54. The van der Waals surface area contributed by atoms with Gasteiger partial charge in [0.2, 0.25) is 0 Å². The molecule has 2 aromatic heterocycles. The van der Waals surface area contributed by atoms with Crippen molar-refractivity contribution < 1.29 is 4.79 Å². The number of aromatic nitrogens is 2. The van der Waals surface area contributed by atoms with Gasteiger partial charge in [-0.05, 0) is 22.0 Å². The van der Waals surface area contributed by atoms with E-state index < -0.39 is 0 Å². The average molecular weight is 334 g/mol. The highest BCUT2D eigenvalue weighted by molar-refractivity contribution is 9.10. The third kappa shape index (κ3) is 2.93. The number of amides is 1. The lowest BCUT2D eigenvalue weighted by Gasteiger charge is -2.05. The van der Waals surface area contributed by atoms with Gasteiger partial charge in [0.1, 0.15) is 5.69 Å². The summed E-state index contributed by atoms with van der Waals surface area (Å²) in [6, 6.07) is 1.66. The molecular weight excluding hydrogens is 328 g/mol. The second kappa shape index (κ2) is 4.99. The third-order valence-corrected chi connectivity index (χ3v) is 3.22. The van der Waals surface area contributed by atoms with E-state index in [-0.39, 0.29) is 16.8 Å². The van der Waals surface area contributed by atoms with Crippen LogP contribution in [0.4, 0.5) is 10.8 Å². The van der Waals surface area contributed by atoms with Gasteiger partial charge >= 0.3 is 0 Å². The number of thiazole rings is 1. The molecule has 2 aromatic rings. The summed E-state index contributed by atoms with van der Waals surface area (Å²) in [5, 5.41) is 4.73. The van der Waals surface area contributed by atoms with Crippen molar-refractivity contribution in [3.05, 3.63) is 33.0 Å². The first-order valence-electron chi connectivity index (χ1n) is 4.39. The molecular formula is C9H6BrClN4OS. The van der Waals surface area contributed by atoms with E-state index in [4.69, 9.17) is 17.3 Å². The summed E-state index contributed by atoms with van der Waals surface area (Å²) in [7, 11) is 0. The fraction of sp³-hybridized carbons (Fsp3) is 0. The highest BCUT2D eigenvalue weighted by Gasteiger charge is 2.12. The van der Waals surface area contributed by atoms with Crippen LogP contribution < -0.4 is 11.1 Å². The van der Waals surface area contributed by atoms with Crippen LogP contribution in [0.1, 0.15) is 10.5 Å². The third-order valence-electron chi connectivity index (χ3n) is 1.81. The second-order valence-corrected chi connectivity index (χ2v) is 5.18. The average Bonchev–Trinajstić information content (AvgIpc) is 2.70. The Morgan fingerprint density at radius 1 is 1.59 bits per heavy atom. The van der Waals surface area contributed by atoms with E-state index in [2.05, 4.69) is 31.2 Å². The molecule has 0 radical (unpaired) electrons. The molecule has 8 heteroatoms. The van der Waals surface area contributed by atoms with Gasteiger partial charge in [-0.1, -0.05) is 11.6 Å². The molecule has 1 amide bonds. The van der Waals surface area contributed by atoms with Gasteiger partial charge in [0, 0.05) is 16.0 Å². The minimum atomic E-state index is -0.375. The number of halogens is 2. The van der Waals surface area contributed by atoms with Gasteiger partial charge in [-0.15, -0.1) is 11.3 Å². The molecule has 0 bridgehead atoms. The molecule has 0 saturated heterocycles. The standard InChI is InChI=1S/C9H6BrClN4OS/c10-4-1-5(7(11)13-2-4)14-8(16)6-3-17-9(12)15-6/h1-3H,(H2,12,15)(H,14,16). The number of rotatable bonds is 2. The Morgan fingerprint density at radius 3 is 3.00 bits per heavy atom. The SMILES string of the molecule is Nc1nc(C(=O)Nc2cc(Br)cnc2Cl)cs1. The molecule has 3 N–H and O–H groups in total. The molecule has 0 spiro atoms. The maximum absolute atomic E-state index is 11.8. The van der Waals surface area contributed by atoms with Crippen LogP contribution in [0.2, 0.25) is 5.15 Å². The number of carbonyl (C=O) groups is 1. The molecule has 0 aliphatic heterocycles. The molecule has 0 aliphatic rings.